The molecule has 180 valence electrons. The SMILES string of the molecule is CC[C@H](NC(=O)[C@@H](CC)N(c1cc(Cl)ccc1OC)S(C)(=O)=O)c1ccc2c(c1)CCCC2. The number of hydrogen-bond donors (Lipinski definition) is 1. The number of benzene rings is 2. The van der Waals surface area contributed by atoms with Gasteiger partial charge in [-0.15, -0.1) is 0 Å². The molecule has 0 unspecified atom stereocenters. The Morgan fingerprint density at radius 3 is 2.39 bits per heavy atom. The van der Waals surface area contributed by atoms with Gasteiger partial charge in [-0.05, 0) is 73.4 Å². The number of ether oxygens (including phenoxy) is 1. The van der Waals surface area contributed by atoms with Crippen molar-refractivity contribution in [2.75, 3.05) is 17.7 Å². The molecule has 0 fully saturated rings. The van der Waals surface area contributed by atoms with Crippen molar-refractivity contribution in [3.05, 3.63) is 58.1 Å². The molecule has 1 aliphatic carbocycles. The molecular weight excluding hydrogens is 460 g/mol. The molecule has 1 N–H and O–H groups in total. The fourth-order valence-electron chi connectivity index (χ4n) is 4.53. The van der Waals surface area contributed by atoms with Crippen molar-refractivity contribution in [3.8, 4) is 5.75 Å². The van der Waals surface area contributed by atoms with Crippen molar-refractivity contribution in [2.24, 2.45) is 0 Å². The van der Waals surface area contributed by atoms with Gasteiger partial charge in [0.25, 0.3) is 0 Å². The van der Waals surface area contributed by atoms with Gasteiger partial charge in [-0.25, -0.2) is 8.42 Å². The first kappa shape index (κ1) is 25.4. The maximum atomic E-state index is 13.5. The van der Waals surface area contributed by atoms with Crippen LogP contribution in [-0.2, 0) is 27.7 Å². The number of methoxy groups -OCH3 is 1. The molecule has 33 heavy (non-hydrogen) atoms. The van der Waals surface area contributed by atoms with Gasteiger partial charge in [0, 0.05) is 5.02 Å². The van der Waals surface area contributed by atoms with E-state index in [2.05, 4.69) is 23.5 Å². The van der Waals surface area contributed by atoms with E-state index in [1.165, 1.54) is 37.1 Å². The van der Waals surface area contributed by atoms with Crippen molar-refractivity contribution in [3.63, 3.8) is 0 Å². The Balaban J connectivity index is 1.93. The number of halogens is 1. The van der Waals surface area contributed by atoms with E-state index in [1.807, 2.05) is 6.92 Å². The number of nitrogens with one attached hydrogen (secondary N) is 1. The average Bonchev–Trinajstić information content (AvgIpc) is 2.79. The van der Waals surface area contributed by atoms with Crippen LogP contribution in [0.4, 0.5) is 5.69 Å². The summed E-state index contributed by atoms with van der Waals surface area (Å²) < 4.78 is 32.2. The minimum absolute atomic E-state index is 0.207. The molecule has 1 aliphatic rings. The summed E-state index contributed by atoms with van der Waals surface area (Å²) in [6, 6.07) is 10.0. The van der Waals surface area contributed by atoms with Gasteiger partial charge in [-0.3, -0.25) is 9.10 Å². The molecule has 3 rings (SSSR count). The number of nitrogens with zero attached hydrogens (tertiary/aromatic N) is 1. The summed E-state index contributed by atoms with van der Waals surface area (Å²) in [5.41, 5.74) is 4.03. The van der Waals surface area contributed by atoms with Crippen LogP contribution in [0.25, 0.3) is 0 Å². The monoisotopic (exact) mass is 492 g/mol. The van der Waals surface area contributed by atoms with Gasteiger partial charge < -0.3 is 10.1 Å². The number of amides is 1. The van der Waals surface area contributed by atoms with Crippen molar-refractivity contribution < 1.29 is 17.9 Å². The first-order valence-electron chi connectivity index (χ1n) is 11.4. The van der Waals surface area contributed by atoms with Gasteiger partial charge in [0.05, 0.1) is 25.1 Å². The molecular formula is C25H33ClN2O4S. The molecule has 0 aromatic heterocycles. The molecule has 0 saturated carbocycles. The first-order chi connectivity index (χ1) is 15.7. The predicted molar refractivity (Wildman–Crippen MR) is 134 cm³/mol. The number of carbonyl (C=O) groups excluding carboxylic acids is 1. The summed E-state index contributed by atoms with van der Waals surface area (Å²) in [6.45, 7) is 3.80. The van der Waals surface area contributed by atoms with E-state index in [1.54, 1.807) is 19.1 Å². The van der Waals surface area contributed by atoms with Crippen LogP contribution in [0.3, 0.4) is 0 Å². The maximum absolute atomic E-state index is 13.5. The Bertz CT molecular complexity index is 1100. The lowest BCUT2D eigenvalue weighted by Gasteiger charge is -2.32. The lowest BCUT2D eigenvalue weighted by molar-refractivity contribution is -0.123. The fraction of sp³-hybridized carbons (Fsp3) is 0.480. The van der Waals surface area contributed by atoms with E-state index in [-0.39, 0.29) is 24.1 Å². The highest BCUT2D eigenvalue weighted by Gasteiger charge is 2.34. The van der Waals surface area contributed by atoms with Crippen molar-refractivity contribution in [2.45, 2.75) is 64.5 Å². The summed E-state index contributed by atoms with van der Waals surface area (Å²) >= 11 is 6.16. The fourth-order valence-corrected chi connectivity index (χ4v) is 5.90. The van der Waals surface area contributed by atoms with E-state index in [9.17, 15) is 13.2 Å². The van der Waals surface area contributed by atoms with E-state index in [0.717, 1.165) is 29.0 Å². The van der Waals surface area contributed by atoms with Crippen LogP contribution in [0.5, 0.6) is 5.75 Å². The lowest BCUT2D eigenvalue weighted by Crippen LogP contribution is -2.50. The second-order valence-electron chi connectivity index (χ2n) is 8.50. The average molecular weight is 493 g/mol. The van der Waals surface area contributed by atoms with Crippen molar-refractivity contribution >= 4 is 33.2 Å². The summed E-state index contributed by atoms with van der Waals surface area (Å²) in [7, 11) is -2.35. The minimum atomic E-state index is -3.81. The molecule has 6 nitrogen and oxygen atoms in total. The number of aryl methyl sites for hydroxylation is 2. The zero-order valence-corrected chi connectivity index (χ0v) is 21.3. The van der Waals surface area contributed by atoms with E-state index in [4.69, 9.17) is 16.3 Å². The Kier molecular flexibility index (Phi) is 8.29. The van der Waals surface area contributed by atoms with Crippen LogP contribution in [0.2, 0.25) is 5.02 Å². The molecule has 0 spiro atoms. The molecule has 2 aromatic rings. The Hall–Kier alpha value is -2.25. The van der Waals surface area contributed by atoms with Gasteiger partial charge in [-0.1, -0.05) is 43.6 Å². The molecule has 0 radical (unpaired) electrons. The third-order valence-electron chi connectivity index (χ3n) is 6.21. The normalized spacial score (nSPS) is 15.3. The lowest BCUT2D eigenvalue weighted by atomic mass is 9.88. The Morgan fingerprint density at radius 1 is 1.09 bits per heavy atom. The van der Waals surface area contributed by atoms with Crippen molar-refractivity contribution in [1.82, 2.24) is 5.32 Å². The third kappa shape index (κ3) is 5.82. The number of hydrogen-bond acceptors (Lipinski definition) is 4. The first-order valence-corrected chi connectivity index (χ1v) is 13.7. The van der Waals surface area contributed by atoms with Crippen LogP contribution in [0.1, 0.15) is 62.3 Å². The molecule has 0 bridgehead atoms. The third-order valence-corrected chi connectivity index (χ3v) is 7.61. The predicted octanol–water partition coefficient (Wildman–Crippen LogP) is 5.04. The van der Waals surface area contributed by atoms with Crippen molar-refractivity contribution in [1.29, 1.82) is 0 Å². The van der Waals surface area contributed by atoms with Gasteiger partial charge in [-0.2, -0.15) is 0 Å². The number of fused-ring (bicyclic) bond motifs is 1. The Labute approximate surface area is 202 Å². The maximum Gasteiger partial charge on any atom is 0.244 e. The summed E-state index contributed by atoms with van der Waals surface area (Å²) in [5, 5.41) is 3.45. The number of anilines is 1. The second-order valence-corrected chi connectivity index (χ2v) is 10.8. The zero-order chi connectivity index (χ0) is 24.2. The highest BCUT2D eigenvalue weighted by molar-refractivity contribution is 7.92. The zero-order valence-electron chi connectivity index (χ0n) is 19.7. The minimum Gasteiger partial charge on any atom is -0.495 e. The molecule has 2 aromatic carbocycles. The van der Waals surface area contributed by atoms with Crippen LogP contribution in [0, 0.1) is 0 Å². The van der Waals surface area contributed by atoms with E-state index in [0.29, 0.717) is 17.2 Å². The molecule has 0 aliphatic heterocycles. The Morgan fingerprint density at radius 2 is 1.79 bits per heavy atom. The molecule has 2 atom stereocenters. The smallest absolute Gasteiger partial charge is 0.244 e. The standard InChI is InChI=1S/C25H33ClN2O4S/c1-5-21(19-12-11-17-9-7-8-10-18(17)15-19)27-25(29)22(6-2)28(33(4,30)31)23-16-20(26)13-14-24(23)32-3/h11-16,21-22H,5-10H2,1-4H3,(H,27,29)/t21-,22+/m0/s1. The highest BCUT2D eigenvalue weighted by atomic mass is 35.5. The quantitative estimate of drug-likeness (QED) is 0.532. The largest absolute Gasteiger partial charge is 0.495 e. The number of carbonyl (C=O) groups is 1. The van der Waals surface area contributed by atoms with Gasteiger partial charge in [0.15, 0.2) is 0 Å². The number of rotatable bonds is 9. The second kappa shape index (κ2) is 10.8. The summed E-state index contributed by atoms with van der Waals surface area (Å²) in [6.07, 6.45) is 6.62. The molecule has 0 heterocycles. The highest BCUT2D eigenvalue weighted by Crippen LogP contribution is 2.35. The van der Waals surface area contributed by atoms with Gasteiger partial charge in [0.1, 0.15) is 11.8 Å². The summed E-state index contributed by atoms with van der Waals surface area (Å²) in [4.78, 5) is 13.5. The molecule has 0 saturated heterocycles. The van der Waals surface area contributed by atoms with Crippen LogP contribution in [-0.4, -0.2) is 33.7 Å². The van der Waals surface area contributed by atoms with Gasteiger partial charge >= 0.3 is 0 Å². The number of sulfonamides is 1. The molecule has 8 heteroatoms. The van der Waals surface area contributed by atoms with E-state index >= 15 is 0 Å². The van der Waals surface area contributed by atoms with E-state index < -0.39 is 16.1 Å². The topological polar surface area (TPSA) is 75.7 Å². The van der Waals surface area contributed by atoms with Crippen LogP contribution >= 0.6 is 11.6 Å². The summed E-state index contributed by atoms with van der Waals surface area (Å²) in [5.74, 6) is -0.0210. The van der Waals surface area contributed by atoms with Crippen LogP contribution < -0.4 is 14.4 Å². The van der Waals surface area contributed by atoms with Gasteiger partial charge in [0.2, 0.25) is 15.9 Å². The molecule has 1 amide bonds. The van der Waals surface area contributed by atoms with Crippen LogP contribution in [0.15, 0.2) is 36.4 Å².